The summed E-state index contributed by atoms with van der Waals surface area (Å²) in [6, 6.07) is 7.54. The van der Waals surface area contributed by atoms with E-state index >= 15 is 0 Å². The molecule has 0 aliphatic heterocycles. The van der Waals surface area contributed by atoms with E-state index in [0.29, 0.717) is 18.3 Å². The highest BCUT2D eigenvalue weighted by molar-refractivity contribution is 5.68. The third kappa shape index (κ3) is 5.05. The van der Waals surface area contributed by atoms with E-state index in [9.17, 15) is 4.79 Å². The Morgan fingerprint density at radius 3 is 2.48 bits per heavy atom. The van der Waals surface area contributed by atoms with E-state index in [1.807, 2.05) is 65.8 Å². The van der Waals surface area contributed by atoms with Crippen molar-refractivity contribution < 1.29 is 14.1 Å². The van der Waals surface area contributed by atoms with Crippen LogP contribution in [-0.4, -0.2) is 33.3 Å². The molecule has 0 saturated heterocycles. The molecule has 25 heavy (non-hydrogen) atoms. The van der Waals surface area contributed by atoms with Crippen molar-refractivity contribution in [1.82, 2.24) is 15.0 Å². The summed E-state index contributed by atoms with van der Waals surface area (Å²) in [4.78, 5) is 18.6. The molecule has 1 heterocycles. The first-order valence-corrected chi connectivity index (χ1v) is 8.61. The first-order valence-electron chi connectivity index (χ1n) is 8.61. The molecule has 0 saturated carbocycles. The average Bonchev–Trinajstić information content (AvgIpc) is 3.01. The SMILES string of the molecule is CCCN(C(=O)OC(C)(C)C)[C@@H](C)c1nc(-c2ccc(C)cc2)no1. The maximum Gasteiger partial charge on any atom is 0.410 e. The highest BCUT2D eigenvalue weighted by Crippen LogP contribution is 2.24. The van der Waals surface area contributed by atoms with Gasteiger partial charge in [-0.15, -0.1) is 0 Å². The Balaban J connectivity index is 2.20. The van der Waals surface area contributed by atoms with Crippen molar-refractivity contribution in [2.75, 3.05) is 6.54 Å². The molecule has 0 aliphatic rings. The molecule has 0 N–H and O–H groups in total. The maximum absolute atomic E-state index is 12.5. The molecule has 2 rings (SSSR count). The van der Waals surface area contributed by atoms with E-state index in [1.54, 1.807) is 4.90 Å². The fraction of sp³-hybridized carbons (Fsp3) is 0.526. The van der Waals surface area contributed by atoms with Crippen LogP contribution in [0.3, 0.4) is 0 Å². The zero-order valence-electron chi connectivity index (χ0n) is 15.9. The lowest BCUT2D eigenvalue weighted by atomic mass is 10.1. The van der Waals surface area contributed by atoms with Crippen molar-refractivity contribution in [3.8, 4) is 11.4 Å². The van der Waals surface area contributed by atoms with Crippen molar-refractivity contribution in [3.05, 3.63) is 35.7 Å². The van der Waals surface area contributed by atoms with Gasteiger partial charge in [-0.1, -0.05) is 41.9 Å². The van der Waals surface area contributed by atoms with Gasteiger partial charge in [-0.05, 0) is 41.0 Å². The van der Waals surface area contributed by atoms with E-state index in [4.69, 9.17) is 9.26 Å². The van der Waals surface area contributed by atoms with Crippen molar-refractivity contribution in [3.63, 3.8) is 0 Å². The fourth-order valence-corrected chi connectivity index (χ4v) is 2.36. The minimum atomic E-state index is -0.551. The standard InChI is InChI=1S/C19H27N3O3/c1-7-12-22(18(23)24-19(4,5)6)14(3)17-20-16(21-25-17)15-10-8-13(2)9-11-15/h8-11,14H,7,12H2,1-6H3/t14-/m0/s1. The second kappa shape index (κ2) is 7.68. The molecule has 1 aromatic carbocycles. The van der Waals surface area contributed by atoms with Gasteiger partial charge in [-0.3, -0.25) is 4.90 Å². The van der Waals surface area contributed by atoms with Crippen LogP contribution in [0.4, 0.5) is 4.79 Å². The van der Waals surface area contributed by atoms with Crippen LogP contribution in [0.15, 0.2) is 28.8 Å². The van der Waals surface area contributed by atoms with Gasteiger partial charge in [-0.2, -0.15) is 4.98 Å². The van der Waals surface area contributed by atoms with Gasteiger partial charge in [0.1, 0.15) is 11.6 Å². The zero-order valence-corrected chi connectivity index (χ0v) is 15.9. The van der Waals surface area contributed by atoms with Crippen molar-refractivity contribution in [2.24, 2.45) is 0 Å². The quantitative estimate of drug-likeness (QED) is 0.782. The van der Waals surface area contributed by atoms with Gasteiger partial charge >= 0.3 is 6.09 Å². The summed E-state index contributed by atoms with van der Waals surface area (Å²) >= 11 is 0. The molecule has 0 spiro atoms. The number of hydrogen-bond donors (Lipinski definition) is 0. The first kappa shape index (κ1) is 19.0. The topological polar surface area (TPSA) is 68.5 Å². The molecule has 136 valence electrons. The number of rotatable bonds is 5. The fourth-order valence-electron chi connectivity index (χ4n) is 2.36. The van der Waals surface area contributed by atoms with Crippen molar-refractivity contribution in [1.29, 1.82) is 0 Å². The molecule has 0 radical (unpaired) electrons. The van der Waals surface area contributed by atoms with Crippen molar-refractivity contribution >= 4 is 6.09 Å². The lowest BCUT2D eigenvalue weighted by Crippen LogP contribution is -2.39. The molecule has 0 fully saturated rings. The molecule has 6 heteroatoms. The number of carbonyl (C=O) groups is 1. The second-order valence-corrected chi connectivity index (χ2v) is 7.17. The largest absolute Gasteiger partial charge is 0.444 e. The smallest absolute Gasteiger partial charge is 0.410 e. The second-order valence-electron chi connectivity index (χ2n) is 7.17. The molecule has 0 unspecified atom stereocenters. The number of benzene rings is 1. The molecule has 1 aromatic heterocycles. The highest BCUT2D eigenvalue weighted by atomic mass is 16.6. The summed E-state index contributed by atoms with van der Waals surface area (Å²) < 4.78 is 10.9. The summed E-state index contributed by atoms with van der Waals surface area (Å²) in [7, 11) is 0. The molecule has 1 amide bonds. The van der Waals surface area contributed by atoms with Crippen LogP contribution in [0, 0.1) is 6.92 Å². The normalized spacial score (nSPS) is 12.7. The number of carbonyl (C=O) groups excluding carboxylic acids is 1. The monoisotopic (exact) mass is 345 g/mol. The van der Waals surface area contributed by atoms with Gasteiger partial charge in [0.25, 0.3) is 0 Å². The molecule has 0 aliphatic carbocycles. The third-order valence-corrected chi connectivity index (χ3v) is 3.67. The summed E-state index contributed by atoms with van der Waals surface area (Å²) in [6.07, 6.45) is 0.430. The van der Waals surface area contributed by atoms with Crippen LogP contribution in [0.25, 0.3) is 11.4 Å². The number of amides is 1. The average molecular weight is 345 g/mol. The van der Waals surface area contributed by atoms with Crippen LogP contribution in [0.1, 0.15) is 58.5 Å². The minimum Gasteiger partial charge on any atom is -0.444 e. The molecule has 2 aromatic rings. The lowest BCUT2D eigenvalue weighted by Gasteiger charge is -2.29. The summed E-state index contributed by atoms with van der Waals surface area (Å²) in [6.45, 7) is 12.0. The number of hydrogen-bond acceptors (Lipinski definition) is 5. The van der Waals surface area contributed by atoms with E-state index in [0.717, 1.165) is 12.0 Å². The number of aromatic nitrogens is 2. The molecular weight excluding hydrogens is 318 g/mol. The van der Waals surface area contributed by atoms with Crippen molar-refractivity contribution in [2.45, 2.75) is 59.6 Å². The van der Waals surface area contributed by atoms with Gasteiger partial charge in [0, 0.05) is 12.1 Å². The van der Waals surface area contributed by atoms with E-state index in [1.165, 1.54) is 5.56 Å². The number of ether oxygens (including phenoxy) is 1. The van der Waals surface area contributed by atoms with Gasteiger partial charge in [0.05, 0.1) is 0 Å². The molecule has 1 atom stereocenters. The lowest BCUT2D eigenvalue weighted by molar-refractivity contribution is 0.0143. The van der Waals surface area contributed by atoms with Crippen LogP contribution in [0.5, 0.6) is 0 Å². The summed E-state index contributed by atoms with van der Waals surface area (Å²) in [5.74, 6) is 0.914. The van der Waals surface area contributed by atoms with Gasteiger partial charge in [0.2, 0.25) is 11.7 Å². The van der Waals surface area contributed by atoms with Gasteiger partial charge in [-0.25, -0.2) is 4.79 Å². The Morgan fingerprint density at radius 2 is 1.92 bits per heavy atom. The summed E-state index contributed by atoms with van der Waals surface area (Å²) in [5, 5.41) is 4.05. The van der Waals surface area contributed by atoms with Gasteiger partial charge < -0.3 is 9.26 Å². The van der Waals surface area contributed by atoms with Crippen LogP contribution < -0.4 is 0 Å². The maximum atomic E-state index is 12.5. The Bertz CT molecular complexity index is 701. The van der Waals surface area contributed by atoms with E-state index in [2.05, 4.69) is 10.1 Å². The third-order valence-electron chi connectivity index (χ3n) is 3.67. The van der Waals surface area contributed by atoms with E-state index in [-0.39, 0.29) is 12.1 Å². The minimum absolute atomic E-state index is 0.360. The van der Waals surface area contributed by atoms with Crippen LogP contribution in [-0.2, 0) is 4.74 Å². The summed E-state index contributed by atoms with van der Waals surface area (Å²) in [5.41, 5.74) is 1.50. The van der Waals surface area contributed by atoms with Gasteiger partial charge in [0.15, 0.2) is 0 Å². The first-order chi connectivity index (χ1) is 11.7. The Morgan fingerprint density at radius 1 is 1.28 bits per heavy atom. The van der Waals surface area contributed by atoms with Crippen LogP contribution in [0.2, 0.25) is 0 Å². The molecule has 6 nitrogen and oxygen atoms in total. The zero-order chi connectivity index (χ0) is 18.6. The number of aryl methyl sites for hydroxylation is 1. The highest BCUT2D eigenvalue weighted by Gasteiger charge is 2.29. The predicted octanol–water partition coefficient (Wildman–Crippen LogP) is 4.75. The molecular formula is C19H27N3O3. The Labute approximate surface area is 149 Å². The Hall–Kier alpha value is -2.37. The molecule has 0 bridgehead atoms. The van der Waals surface area contributed by atoms with E-state index < -0.39 is 5.60 Å². The van der Waals surface area contributed by atoms with Crippen LogP contribution >= 0.6 is 0 Å². The Kier molecular flexibility index (Phi) is 5.82. The number of nitrogens with zero attached hydrogens (tertiary/aromatic N) is 3. The predicted molar refractivity (Wildman–Crippen MR) is 96.1 cm³/mol.